The average molecular weight is 332 g/mol. The molecule has 0 aromatic heterocycles. The van der Waals surface area contributed by atoms with Crippen molar-refractivity contribution in [1.29, 1.82) is 5.26 Å². The van der Waals surface area contributed by atoms with Crippen LogP contribution >= 0.6 is 11.8 Å². The number of rotatable bonds is 6. The molecule has 2 rings (SSSR count). The summed E-state index contributed by atoms with van der Waals surface area (Å²) >= 11 is 1.53. The van der Waals surface area contributed by atoms with E-state index in [1.165, 1.54) is 11.8 Å². The van der Waals surface area contributed by atoms with Gasteiger partial charge in [-0.1, -0.05) is 12.1 Å². The molecule has 0 aliphatic heterocycles. The first-order valence-electron chi connectivity index (χ1n) is 7.67. The first-order valence-corrected chi connectivity index (χ1v) is 8.83. The van der Waals surface area contributed by atoms with Crippen molar-refractivity contribution in [2.75, 3.05) is 5.75 Å². The molecule has 1 aliphatic rings. The highest BCUT2D eigenvalue weighted by molar-refractivity contribution is 7.99. The SMILES string of the molecule is N#Cc1ccc(CSCC(=O)NC2CCC(C(=O)O)CC2)cc1. The molecule has 1 amide bonds. The van der Waals surface area contributed by atoms with Gasteiger partial charge in [-0.15, -0.1) is 11.8 Å². The fourth-order valence-electron chi connectivity index (χ4n) is 2.69. The maximum atomic E-state index is 11.9. The number of carbonyl (C=O) groups is 2. The summed E-state index contributed by atoms with van der Waals surface area (Å²) in [5, 5.41) is 20.7. The second-order valence-electron chi connectivity index (χ2n) is 5.76. The Morgan fingerprint density at radius 1 is 1.22 bits per heavy atom. The minimum atomic E-state index is -0.729. The molecule has 0 radical (unpaired) electrons. The molecule has 0 heterocycles. The van der Waals surface area contributed by atoms with Crippen molar-refractivity contribution in [1.82, 2.24) is 5.32 Å². The van der Waals surface area contributed by atoms with Gasteiger partial charge in [0, 0.05) is 11.8 Å². The van der Waals surface area contributed by atoms with E-state index in [1.54, 1.807) is 12.1 Å². The molecule has 0 saturated heterocycles. The van der Waals surface area contributed by atoms with E-state index in [1.807, 2.05) is 12.1 Å². The Labute approximate surface area is 140 Å². The van der Waals surface area contributed by atoms with Crippen molar-refractivity contribution in [3.8, 4) is 6.07 Å². The third-order valence-electron chi connectivity index (χ3n) is 4.03. The highest BCUT2D eigenvalue weighted by Crippen LogP contribution is 2.24. The molecule has 1 aromatic rings. The number of carbonyl (C=O) groups excluding carboxylic acids is 1. The highest BCUT2D eigenvalue weighted by atomic mass is 32.2. The number of nitrogens with zero attached hydrogens (tertiary/aromatic N) is 1. The van der Waals surface area contributed by atoms with Crippen molar-refractivity contribution < 1.29 is 14.7 Å². The minimum absolute atomic E-state index is 0.00224. The summed E-state index contributed by atoms with van der Waals surface area (Å²) < 4.78 is 0. The van der Waals surface area contributed by atoms with Crippen LogP contribution in [0.15, 0.2) is 24.3 Å². The smallest absolute Gasteiger partial charge is 0.306 e. The van der Waals surface area contributed by atoms with E-state index in [9.17, 15) is 9.59 Å². The van der Waals surface area contributed by atoms with E-state index in [0.717, 1.165) is 24.2 Å². The summed E-state index contributed by atoms with van der Waals surface area (Å²) in [5.74, 6) is 0.132. The fraction of sp³-hybridized carbons (Fsp3) is 0.471. The molecule has 1 saturated carbocycles. The first kappa shape index (κ1) is 17.4. The lowest BCUT2D eigenvalue weighted by Gasteiger charge is -2.26. The zero-order valence-corrected chi connectivity index (χ0v) is 13.6. The molecule has 2 N–H and O–H groups in total. The summed E-state index contributed by atoms with van der Waals surface area (Å²) in [7, 11) is 0. The molecular weight excluding hydrogens is 312 g/mol. The van der Waals surface area contributed by atoms with Crippen LogP contribution in [0.4, 0.5) is 0 Å². The molecule has 0 unspecified atom stereocenters. The Balaban J connectivity index is 1.65. The van der Waals surface area contributed by atoms with Crippen LogP contribution in [0.1, 0.15) is 36.8 Å². The number of nitriles is 1. The van der Waals surface area contributed by atoms with Crippen molar-refractivity contribution >= 4 is 23.6 Å². The van der Waals surface area contributed by atoms with Crippen LogP contribution in [0.5, 0.6) is 0 Å². The quantitative estimate of drug-likeness (QED) is 0.835. The molecule has 0 spiro atoms. The Bertz CT molecular complexity index is 587. The number of carboxylic acid groups (broad SMARTS) is 1. The lowest BCUT2D eigenvalue weighted by molar-refractivity contribution is -0.142. The van der Waals surface area contributed by atoms with Gasteiger partial charge in [0.25, 0.3) is 0 Å². The average Bonchev–Trinajstić information content (AvgIpc) is 2.56. The zero-order chi connectivity index (χ0) is 16.7. The number of hydrogen-bond acceptors (Lipinski definition) is 4. The molecule has 1 aromatic carbocycles. The van der Waals surface area contributed by atoms with Crippen LogP contribution in [-0.2, 0) is 15.3 Å². The second kappa shape index (κ2) is 8.59. The molecule has 23 heavy (non-hydrogen) atoms. The lowest BCUT2D eigenvalue weighted by atomic mass is 9.86. The predicted octanol–water partition coefficient (Wildman–Crippen LogP) is 2.55. The van der Waals surface area contributed by atoms with E-state index >= 15 is 0 Å². The van der Waals surface area contributed by atoms with Crippen LogP contribution in [0.25, 0.3) is 0 Å². The van der Waals surface area contributed by atoms with Crippen molar-refractivity contribution in [3.63, 3.8) is 0 Å². The normalized spacial score (nSPS) is 20.5. The van der Waals surface area contributed by atoms with Gasteiger partial charge < -0.3 is 10.4 Å². The van der Waals surface area contributed by atoms with Crippen molar-refractivity contribution in [2.45, 2.75) is 37.5 Å². The molecule has 1 fully saturated rings. The number of thioether (sulfide) groups is 1. The molecular formula is C17H20N2O3S. The van der Waals surface area contributed by atoms with Crippen LogP contribution < -0.4 is 5.32 Å². The number of benzene rings is 1. The summed E-state index contributed by atoms with van der Waals surface area (Å²) in [4.78, 5) is 22.8. The maximum absolute atomic E-state index is 11.9. The summed E-state index contributed by atoms with van der Waals surface area (Å²) in [5.41, 5.74) is 1.72. The largest absolute Gasteiger partial charge is 0.481 e. The van der Waals surface area contributed by atoms with Crippen molar-refractivity contribution in [3.05, 3.63) is 35.4 Å². The monoisotopic (exact) mass is 332 g/mol. The minimum Gasteiger partial charge on any atom is -0.481 e. The van der Waals surface area contributed by atoms with E-state index in [0.29, 0.717) is 24.2 Å². The summed E-state index contributed by atoms with van der Waals surface area (Å²) in [6.07, 6.45) is 2.75. The van der Waals surface area contributed by atoms with Crippen molar-refractivity contribution in [2.24, 2.45) is 5.92 Å². The van der Waals surface area contributed by atoms with E-state index in [-0.39, 0.29) is 17.9 Å². The number of nitrogens with one attached hydrogen (secondary N) is 1. The molecule has 5 nitrogen and oxygen atoms in total. The van der Waals surface area contributed by atoms with Crippen LogP contribution in [-0.4, -0.2) is 28.8 Å². The Morgan fingerprint density at radius 2 is 1.87 bits per heavy atom. The number of aliphatic carboxylic acids is 1. The Morgan fingerprint density at radius 3 is 2.43 bits per heavy atom. The van der Waals surface area contributed by atoms with Crippen LogP contribution in [0.2, 0.25) is 0 Å². The summed E-state index contributed by atoms with van der Waals surface area (Å²) in [6, 6.07) is 9.53. The zero-order valence-electron chi connectivity index (χ0n) is 12.8. The van der Waals surface area contributed by atoms with Gasteiger partial charge in [0.05, 0.1) is 23.3 Å². The van der Waals surface area contributed by atoms with Gasteiger partial charge >= 0.3 is 5.97 Å². The maximum Gasteiger partial charge on any atom is 0.306 e. The van der Waals surface area contributed by atoms with E-state index in [2.05, 4.69) is 11.4 Å². The molecule has 0 bridgehead atoms. The third kappa shape index (κ3) is 5.61. The van der Waals surface area contributed by atoms with Gasteiger partial charge in [-0.25, -0.2) is 0 Å². The number of amides is 1. The van der Waals surface area contributed by atoms with E-state index < -0.39 is 5.97 Å². The fourth-order valence-corrected chi connectivity index (χ4v) is 3.49. The highest BCUT2D eigenvalue weighted by Gasteiger charge is 2.26. The lowest BCUT2D eigenvalue weighted by Crippen LogP contribution is -2.39. The summed E-state index contributed by atoms with van der Waals surface area (Å²) in [6.45, 7) is 0. The van der Waals surface area contributed by atoms with Gasteiger partial charge in [-0.05, 0) is 43.4 Å². The van der Waals surface area contributed by atoms with Crippen LogP contribution in [0, 0.1) is 17.2 Å². The molecule has 122 valence electrons. The van der Waals surface area contributed by atoms with E-state index in [4.69, 9.17) is 10.4 Å². The van der Waals surface area contributed by atoms with Crippen LogP contribution in [0.3, 0.4) is 0 Å². The topological polar surface area (TPSA) is 90.2 Å². The van der Waals surface area contributed by atoms with Gasteiger partial charge in [0.2, 0.25) is 5.91 Å². The Hall–Kier alpha value is -2.00. The van der Waals surface area contributed by atoms with Gasteiger partial charge in [-0.3, -0.25) is 9.59 Å². The molecule has 1 aliphatic carbocycles. The van der Waals surface area contributed by atoms with Gasteiger partial charge in [0.15, 0.2) is 0 Å². The first-order chi connectivity index (χ1) is 11.1. The van der Waals surface area contributed by atoms with Gasteiger partial charge in [0.1, 0.15) is 0 Å². The molecule has 0 atom stereocenters. The standard InChI is InChI=1S/C17H20N2O3S/c18-9-12-1-3-13(4-2-12)10-23-11-16(20)19-15-7-5-14(6-8-15)17(21)22/h1-4,14-15H,5-8,10-11H2,(H,19,20)(H,21,22). The second-order valence-corrected chi connectivity index (χ2v) is 6.74. The number of hydrogen-bond donors (Lipinski definition) is 2. The third-order valence-corrected chi connectivity index (χ3v) is 5.03. The Kier molecular flexibility index (Phi) is 6.48. The number of carboxylic acids is 1. The molecule has 6 heteroatoms. The predicted molar refractivity (Wildman–Crippen MR) is 88.8 cm³/mol. The van der Waals surface area contributed by atoms with Gasteiger partial charge in [-0.2, -0.15) is 5.26 Å².